The lowest BCUT2D eigenvalue weighted by molar-refractivity contribution is 0.104. The van der Waals surface area contributed by atoms with Crippen LogP contribution in [0, 0.1) is 0 Å². The molecule has 2 aromatic carbocycles. The van der Waals surface area contributed by atoms with Gasteiger partial charge in [0.05, 0.1) is 0 Å². The van der Waals surface area contributed by atoms with Crippen LogP contribution in [-0.2, 0) is 12.8 Å². The molecule has 0 bridgehead atoms. The molecule has 0 aliphatic carbocycles. The van der Waals surface area contributed by atoms with Gasteiger partial charge >= 0.3 is 0 Å². The smallest absolute Gasteiger partial charge is 0.206 e. The Balaban J connectivity index is 1.85. The first-order valence-electron chi connectivity index (χ1n) is 8.37. The predicted molar refractivity (Wildman–Crippen MR) is 105 cm³/mol. The summed E-state index contributed by atoms with van der Waals surface area (Å²) in [6.45, 7) is 4.19. The number of rotatable bonds is 6. The van der Waals surface area contributed by atoms with E-state index in [4.69, 9.17) is 5.73 Å². The highest BCUT2D eigenvalue weighted by atomic mass is 32.1. The highest BCUT2D eigenvalue weighted by molar-refractivity contribution is 7.18. The van der Waals surface area contributed by atoms with E-state index in [1.54, 1.807) is 0 Å². The van der Waals surface area contributed by atoms with Crippen molar-refractivity contribution in [1.29, 1.82) is 0 Å². The lowest BCUT2D eigenvalue weighted by Crippen LogP contribution is -2.02. The van der Waals surface area contributed by atoms with Crippen molar-refractivity contribution in [3.63, 3.8) is 0 Å². The van der Waals surface area contributed by atoms with E-state index in [0.29, 0.717) is 15.6 Å². The van der Waals surface area contributed by atoms with Crippen LogP contribution in [-0.4, -0.2) is 10.8 Å². The molecule has 0 radical (unpaired) electrons. The highest BCUT2D eigenvalue weighted by Gasteiger charge is 2.18. The van der Waals surface area contributed by atoms with Crippen LogP contribution >= 0.6 is 11.3 Å². The average molecular weight is 351 g/mol. The monoisotopic (exact) mass is 351 g/mol. The molecule has 3 aromatic rings. The van der Waals surface area contributed by atoms with Crippen molar-refractivity contribution in [1.82, 2.24) is 4.98 Å². The molecule has 0 saturated heterocycles. The van der Waals surface area contributed by atoms with Gasteiger partial charge in [0, 0.05) is 11.3 Å². The Labute approximate surface area is 151 Å². The molecule has 0 spiro atoms. The van der Waals surface area contributed by atoms with E-state index >= 15 is 0 Å². The maximum Gasteiger partial charge on any atom is 0.206 e. The Hall–Kier alpha value is -2.66. The van der Waals surface area contributed by atoms with Crippen molar-refractivity contribution in [2.75, 3.05) is 11.1 Å². The zero-order chi connectivity index (χ0) is 17.8. The quantitative estimate of drug-likeness (QED) is 0.625. The van der Waals surface area contributed by atoms with Crippen molar-refractivity contribution in [3.8, 4) is 0 Å². The lowest BCUT2D eigenvalue weighted by atomic mass is 10.1. The number of nitrogens with zero attached hydrogens (tertiary/aromatic N) is 1. The summed E-state index contributed by atoms with van der Waals surface area (Å²) in [4.78, 5) is 17.5. The molecule has 3 rings (SSSR count). The van der Waals surface area contributed by atoms with Gasteiger partial charge in [-0.2, -0.15) is 0 Å². The molecular formula is C20H21N3OS. The van der Waals surface area contributed by atoms with Crippen LogP contribution in [0.15, 0.2) is 48.5 Å². The number of aryl methyl sites for hydroxylation is 2. The summed E-state index contributed by atoms with van der Waals surface area (Å²) in [7, 11) is 0. The minimum absolute atomic E-state index is 0.0884. The number of aromatic nitrogens is 1. The highest BCUT2D eigenvalue weighted by Crippen LogP contribution is 2.30. The van der Waals surface area contributed by atoms with Crippen molar-refractivity contribution in [2.24, 2.45) is 0 Å². The molecule has 5 heteroatoms. The fourth-order valence-electron chi connectivity index (χ4n) is 2.64. The van der Waals surface area contributed by atoms with Gasteiger partial charge < -0.3 is 11.1 Å². The number of hydrogen-bond donors (Lipinski definition) is 2. The predicted octanol–water partition coefficient (Wildman–Crippen LogP) is 4.82. The Morgan fingerprint density at radius 1 is 1.08 bits per heavy atom. The molecule has 128 valence electrons. The Kier molecular flexibility index (Phi) is 5.14. The number of hydrogen-bond acceptors (Lipinski definition) is 5. The molecule has 0 unspecified atom stereocenters. The van der Waals surface area contributed by atoms with E-state index in [2.05, 4.69) is 30.2 Å². The van der Waals surface area contributed by atoms with Crippen molar-refractivity contribution >= 4 is 33.8 Å². The second kappa shape index (κ2) is 7.49. The number of benzene rings is 2. The molecular weight excluding hydrogens is 330 g/mol. The summed E-state index contributed by atoms with van der Waals surface area (Å²) in [6, 6.07) is 15.7. The molecule has 0 atom stereocenters. The van der Waals surface area contributed by atoms with Gasteiger partial charge in [-0.05, 0) is 30.0 Å². The van der Waals surface area contributed by atoms with Crippen LogP contribution in [0.3, 0.4) is 0 Å². The van der Waals surface area contributed by atoms with Crippen LogP contribution in [0.25, 0.3) is 0 Å². The number of para-hydroxylation sites is 1. The minimum atomic E-state index is -0.0884. The zero-order valence-electron chi connectivity index (χ0n) is 14.4. The SMILES string of the molecule is CCc1ccc(C(=O)c2sc(Nc3ccccc3CC)nc2N)cc1. The zero-order valence-corrected chi connectivity index (χ0v) is 15.2. The number of ketones is 1. The normalized spacial score (nSPS) is 10.6. The number of anilines is 3. The van der Waals surface area contributed by atoms with Crippen molar-refractivity contribution in [2.45, 2.75) is 26.7 Å². The molecule has 0 aliphatic heterocycles. The molecule has 1 heterocycles. The molecule has 1 aromatic heterocycles. The third kappa shape index (κ3) is 3.72. The first-order chi connectivity index (χ1) is 12.1. The number of carbonyl (C=O) groups is 1. The van der Waals surface area contributed by atoms with E-state index in [0.717, 1.165) is 18.5 Å². The van der Waals surface area contributed by atoms with Crippen LogP contribution < -0.4 is 11.1 Å². The van der Waals surface area contributed by atoms with Crippen LogP contribution in [0.4, 0.5) is 16.6 Å². The van der Waals surface area contributed by atoms with E-state index in [9.17, 15) is 4.79 Å². The van der Waals surface area contributed by atoms with Crippen LogP contribution in [0.5, 0.6) is 0 Å². The summed E-state index contributed by atoms with van der Waals surface area (Å²) >= 11 is 1.29. The molecule has 0 saturated carbocycles. The van der Waals surface area contributed by atoms with Gasteiger partial charge in [-0.25, -0.2) is 4.98 Å². The second-order valence-corrected chi connectivity index (χ2v) is 6.75. The van der Waals surface area contributed by atoms with Gasteiger partial charge in [0.2, 0.25) is 5.78 Å². The van der Waals surface area contributed by atoms with Crippen molar-refractivity contribution < 1.29 is 4.79 Å². The standard InChI is InChI=1S/C20H21N3OS/c1-3-13-9-11-15(12-10-13)17(24)18-19(21)23-20(25-18)22-16-8-6-5-7-14(16)4-2/h5-12H,3-4,21H2,1-2H3,(H,22,23). The van der Waals surface area contributed by atoms with Crippen molar-refractivity contribution in [3.05, 3.63) is 70.1 Å². The number of thiazole rings is 1. The van der Waals surface area contributed by atoms with E-state index in [1.165, 1.54) is 22.5 Å². The van der Waals surface area contributed by atoms with E-state index in [1.807, 2.05) is 42.5 Å². The number of nitrogens with two attached hydrogens (primary N) is 1. The summed E-state index contributed by atoms with van der Waals surface area (Å²) in [5, 5.41) is 3.92. The van der Waals surface area contributed by atoms with Gasteiger partial charge in [0.1, 0.15) is 10.7 Å². The number of nitrogen functional groups attached to an aromatic ring is 1. The molecule has 0 fully saturated rings. The van der Waals surface area contributed by atoms with Crippen LogP contribution in [0.2, 0.25) is 0 Å². The number of nitrogens with one attached hydrogen (secondary N) is 1. The fraction of sp³-hybridized carbons (Fsp3) is 0.200. The molecule has 0 amide bonds. The number of carbonyl (C=O) groups excluding carboxylic acids is 1. The summed E-state index contributed by atoms with van der Waals surface area (Å²) in [5.41, 5.74) is 10.0. The third-order valence-electron chi connectivity index (χ3n) is 4.12. The van der Waals surface area contributed by atoms with Gasteiger partial charge in [-0.1, -0.05) is 67.6 Å². The van der Waals surface area contributed by atoms with Gasteiger partial charge in [0.25, 0.3) is 0 Å². The topological polar surface area (TPSA) is 68.0 Å². The first kappa shape index (κ1) is 17.2. The van der Waals surface area contributed by atoms with Gasteiger partial charge in [-0.15, -0.1) is 0 Å². The Morgan fingerprint density at radius 3 is 2.48 bits per heavy atom. The minimum Gasteiger partial charge on any atom is -0.382 e. The fourth-order valence-corrected chi connectivity index (χ4v) is 3.50. The first-order valence-corrected chi connectivity index (χ1v) is 9.18. The molecule has 25 heavy (non-hydrogen) atoms. The molecule has 0 aliphatic rings. The Bertz CT molecular complexity index is 884. The van der Waals surface area contributed by atoms with Gasteiger partial charge in [0.15, 0.2) is 5.13 Å². The second-order valence-electron chi connectivity index (χ2n) is 5.75. The largest absolute Gasteiger partial charge is 0.382 e. The van der Waals surface area contributed by atoms with E-state index in [-0.39, 0.29) is 11.6 Å². The lowest BCUT2D eigenvalue weighted by Gasteiger charge is -2.07. The maximum absolute atomic E-state index is 12.7. The summed E-state index contributed by atoms with van der Waals surface area (Å²) in [5.74, 6) is 0.181. The van der Waals surface area contributed by atoms with Gasteiger partial charge in [-0.3, -0.25) is 4.79 Å². The summed E-state index contributed by atoms with van der Waals surface area (Å²) in [6.07, 6.45) is 1.86. The third-order valence-corrected chi connectivity index (χ3v) is 5.11. The maximum atomic E-state index is 12.7. The summed E-state index contributed by atoms with van der Waals surface area (Å²) < 4.78 is 0. The van der Waals surface area contributed by atoms with E-state index < -0.39 is 0 Å². The molecule has 3 N–H and O–H groups in total. The molecule has 4 nitrogen and oxygen atoms in total. The average Bonchev–Trinajstić information content (AvgIpc) is 3.01. The Morgan fingerprint density at radius 2 is 1.80 bits per heavy atom. The van der Waals surface area contributed by atoms with Crippen LogP contribution in [0.1, 0.15) is 40.2 Å².